The van der Waals surface area contributed by atoms with Crippen LogP contribution in [0.3, 0.4) is 0 Å². The Morgan fingerprint density at radius 1 is 1.30 bits per heavy atom. The van der Waals surface area contributed by atoms with E-state index in [1.165, 1.54) is 0 Å². The molecule has 4 rings (SSSR count). The van der Waals surface area contributed by atoms with Crippen molar-refractivity contribution in [2.75, 3.05) is 26.2 Å². The maximum absolute atomic E-state index is 13.5. The largest absolute Gasteiger partial charge is 0.411 e. The number of amides is 1. The van der Waals surface area contributed by atoms with Gasteiger partial charge < -0.3 is 9.64 Å². The number of carbonyl (C=O) groups excluding carboxylic acids is 1. The normalized spacial score (nSPS) is 35.5. The van der Waals surface area contributed by atoms with Crippen molar-refractivity contribution in [1.82, 2.24) is 9.91 Å². The summed E-state index contributed by atoms with van der Waals surface area (Å²) in [4.78, 5) is 24.6. The second-order valence-electron chi connectivity index (χ2n) is 9.84. The fourth-order valence-electron chi connectivity index (χ4n) is 5.55. The fourth-order valence-corrected chi connectivity index (χ4v) is 5.55. The van der Waals surface area contributed by atoms with Crippen LogP contribution in [0.15, 0.2) is 15.1 Å². The number of fused-ring (bicyclic) bond motifs is 1. The van der Waals surface area contributed by atoms with Crippen molar-refractivity contribution in [3.05, 3.63) is 0 Å². The Labute approximate surface area is 191 Å². The van der Waals surface area contributed by atoms with E-state index in [-0.39, 0.29) is 48.8 Å². The highest BCUT2D eigenvalue weighted by Gasteiger charge is 2.57. The molecule has 8 nitrogen and oxygen atoms in total. The molecule has 0 aromatic heterocycles. The summed E-state index contributed by atoms with van der Waals surface area (Å²) in [7, 11) is 0. The Bertz CT molecular complexity index is 909. The molecule has 0 N–H and O–H groups in total. The van der Waals surface area contributed by atoms with Gasteiger partial charge in [0, 0.05) is 18.3 Å². The Hall–Kier alpha value is -2.48. The molecule has 11 heteroatoms. The summed E-state index contributed by atoms with van der Waals surface area (Å²) in [6.07, 6.45) is -0.368. The van der Waals surface area contributed by atoms with E-state index >= 15 is 0 Å². The first-order chi connectivity index (χ1) is 15.5. The van der Waals surface area contributed by atoms with Crippen LogP contribution in [0.5, 0.6) is 0 Å². The average molecular weight is 467 g/mol. The van der Waals surface area contributed by atoms with Crippen LogP contribution in [0.4, 0.5) is 13.2 Å². The average Bonchev–Trinajstić information content (AvgIpc) is 3.26. The summed E-state index contributed by atoms with van der Waals surface area (Å²) >= 11 is 0. The van der Waals surface area contributed by atoms with E-state index < -0.39 is 24.4 Å². The van der Waals surface area contributed by atoms with Gasteiger partial charge in [0.25, 0.3) is 0 Å². The Morgan fingerprint density at radius 2 is 2.06 bits per heavy atom. The van der Waals surface area contributed by atoms with Crippen LogP contribution >= 0.6 is 0 Å². The molecule has 4 aliphatic rings. The van der Waals surface area contributed by atoms with Crippen molar-refractivity contribution in [3.8, 4) is 6.07 Å². The molecule has 0 spiro atoms. The summed E-state index contributed by atoms with van der Waals surface area (Å²) in [5.74, 6) is -0.402. The highest BCUT2D eigenvalue weighted by atomic mass is 19.4. The molecule has 33 heavy (non-hydrogen) atoms. The van der Waals surface area contributed by atoms with Crippen molar-refractivity contribution >= 4 is 24.0 Å². The van der Waals surface area contributed by atoms with Crippen molar-refractivity contribution in [1.29, 1.82) is 5.26 Å². The standard InChI is InChI=1S/C22H29F3N6O2/c1-13-6-17(14-7-16(10-27-8-14)33-12-22(23,24)25)29-19-18(13)20(32)31(21(19,2)3)15-9-28-30(11-15)5-4-26/h8-9,13-18H,5-7,10-12H2,1-3H3. The second kappa shape index (κ2) is 8.70. The van der Waals surface area contributed by atoms with E-state index in [1.54, 1.807) is 17.4 Å². The third-order valence-electron chi connectivity index (χ3n) is 7.02. The highest BCUT2D eigenvalue weighted by molar-refractivity contribution is 6.16. The van der Waals surface area contributed by atoms with Gasteiger partial charge in [-0.25, -0.2) is 0 Å². The summed E-state index contributed by atoms with van der Waals surface area (Å²) in [5.41, 5.74) is 0.182. The molecule has 0 aromatic carbocycles. The molecule has 4 heterocycles. The molecule has 0 aromatic rings. The molecule has 0 radical (unpaired) electrons. The van der Waals surface area contributed by atoms with Gasteiger partial charge in [0.05, 0.1) is 54.5 Å². The number of alkyl halides is 3. The number of hydrazone groups is 1. The van der Waals surface area contributed by atoms with Gasteiger partial charge in [0.1, 0.15) is 13.2 Å². The quantitative estimate of drug-likeness (QED) is 0.581. The van der Waals surface area contributed by atoms with Gasteiger partial charge in [-0.2, -0.15) is 23.5 Å². The lowest BCUT2D eigenvalue weighted by molar-refractivity contribution is -0.185. The van der Waals surface area contributed by atoms with E-state index in [0.717, 1.165) is 5.71 Å². The molecule has 0 bridgehead atoms. The van der Waals surface area contributed by atoms with Crippen molar-refractivity contribution in [3.63, 3.8) is 0 Å². The molecule has 1 amide bonds. The topological polar surface area (TPSA) is 93.7 Å². The number of nitrogens with zero attached hydrogens (tertiary/aromatic N) is 6. The number of likely N-dealkylation sites (tertiary alicyclic amines) is 1. The Kier molecular flexibility index (Phi) is 6.24. The minimum atomic E-state index is -4.37. The van der Waals surface area contributed by atoms with Crippen LogP contribution in [0, 0.1) is 29.1 Å². The number of carbonyl (C=O) groups is 1. The van der Waals surface area contributed by atoms with E-state index in [2.05, 4.69) is 16.2 Å². The van der Waals surface area contributed by atoms with Crippen LogP contribution in [0.2, 0.25) is 0 Å². The Balaban J connectivity index is 1.52. The van der Waals surface area contributed by atoms with Crippen molar-refractivity contribution < 1.29 is 22.7 Å². The van der Waals surface area contributed by atoms with E-state index in [1.807, 2.05) is 25.7 Å². The third-order valence-corrected chi connectivity index (χ3v) is 7.02. The predicted molar refractivity (Wildman–Crippen MR) is 116 cm³/mol. The molecule has 6 atom stereocenters. The first-order valence-corrected chi connectivity index (χ1v) is 11.3. The van der Waals surface area contributed by atoms with Crippen LogP contribution in [-0.4, -0.2) is 90.1 Å². The summed E-state index contributed by atoms with van der Waals surface area (Å²) in [6.45, 7) is 5.55. The minimum absolute atomic E-state index is 0.0173. The number of hydrogen-bond acceptors (Lipinski definition) is 7. The molecule has 0 saturated carbocycles. The zero-order chi connectivity index (χ0) is 24.0. The number of ether oxygens (including phenoxy) is 1. The number of nitriles is 1. The lowest BCUT2D eigenvalue weighted by atomic mass is 9.75. The molecular formula is C22H29F3N6O2. The molecular weight excluding hydrogens is 437 g/mol. The zero-order valence-electron chi connectivity index (χ0n) is 19.0. The third kappa shape index (κ3) is 4.63. The van der Waals surface area contributed by atoms with E-state index in [0.29, 0.717) is 19.4 Å². The van der Waals surface area contributed by atoms with Gasteiger partial charge in [-0.15, -0.1) is 0 Å². The van der Waals surface area contributed by atoms with Gasteiger partial charge in [0.15, 0.2) is 0 Å². The lowest BCUT2D eigenvalue weighted by Gasteiger charge is -2.38. The number of aliphatic imine (C=N–C) groups is 2. The highest BCUT2D eigenvalue weighted by Crippen LogP contribution is 2.43. The van der Waals surface area contributed by atoms with Crippen molar-refractivity contribution in [2.45, 2.75) is 63.5 Å². The van der Waals surface area contributed by atoms with Crippen LogP contribution in [-0.2, 0) is 9.53 Å². The summed E-state index contributed by atoms with van der Waals surface area (Å²) in [6, 6.07) is 1.67. The van der Waals surface area contributed by atoms with Crippen LogP contribution in [0.25, 0.3) is 0 Å². The number of rotatable bonds is 5. The maximum atomic E-state index is 13.5. The van der Waals surface area contributed by atoms with Gasteiger partial charge >= 0.3 is 6.18 Å². The lowest BCUT2D eigenvalue weighted by Crippen LogP contribution is -2.52. The van der Waals surface area contributed by atoms with E-state index in [9.17, 15) is 18.0 Å². The molecule has 0 aliphatic carbocycles. The maximum Gasteiger partial charge on any atom is 0.411 e. The van der Waals surface area contributed by atoms with Crippen molar-refractivity contribution in [2.24, 2.45) is 32.8 Å². The minimum Gasteiger partial charge on any atom is -0.367 e. The first-order valence-electron chi connectivity index (χ1n) is 11.3. The van der Waals surface area contributed by atoms with Gasteiger partial charge in [-0.1, -0.05) is 6.92 Å². The van der Waals surface area contributed by atoms with E-state index in [4.69, 9.17) is 15.0 Å². The zero-order valence-corrected chi connectivity index (χ0v) is 19.0. The summed E-state index contributed by atoms with van der Waals surface area (Å²) < 4.78 is 42.8. The summed E-state index contributed by atoms with van der Waals surface area (Å²) in [5, 5.41) is 14.8. The molecule has 1 fully saturated rings. The first kappa shape index (κ1) is 23.7. The second-order valence-corrected chi connectivity index (χ2v) is 9.84. The molecule has 1 saturated heterocycles. The predicted octanol–water partition coefficient (Wildman–Crippen LogP) is 2.30. The SMILES string of the molecule is CC1CC(C2C=NCC(OCC(F)(F)F)C2)N=C2C1C(=O)N(C1C=NN(CC#N)C1)C2(C)C. The Morgan fingerprint density at radius 3 is 2.76 bits per heavy atom. The fraction of sp³-hybridized carbons (Fsp3) is 0.773. The van der Waals surface area contributed by atoms with Gasteiger partial charge in [-0.3, -0.25) is 19.8 Å². The van der Waals surface area contributed by atoms with Crippen LogP contribution in [0.1, 0.15) is 33.6 Å². The molecule has 6 unspecified atom stereocenters. The van der Waals surface area contributed by atoms with Gasteiger partial charge in [-0.05, 0) is 32.6 Å². The smallest absolute Gasteiger partial charge is 0.367 e. The monoisotopic (exact) mass is 466 g/mol. The molecule has 180 valence electrons. The number of halogens is 3. The van der Waals surface area contributed by atoms with Crippen LogP contribution < -0.4 is 0 Å². The number of hydrogen-bond donors (Lipinski definition) is 0. The van der Waals surface area contributed by atoms with Gasteiger partial charge in [0.2, 0.25) is 5.91 Å². The molecule has 4 aliphatic heterocycles.